The summed E-state index contributed by atoms with van der Waals surface area (Å²) in [6, 6.07) is 7.55. The van der Waals surface area contributed by atoms with Crippen molar-refractivity contribution in [1.29, 1.82) is 0 Å². The third-order valence-corrected chi connectivity index (χ3v) is 2.98. The average Bonchev–Trinajstić information content (AvgIpc) is 2.89. The van der Waals surface area contributed by atoms with Crippen molar-refractivity contribution in [2.24, 2.45) is 0 Å². The van der Waals surface area contributed by atoms with Crippen LogP contribution in [-0.4, -0.2) is 25.9 Å². The van der Waals surface area contributed by atoms with Gasteiger partial charge in [0.15, 0.2) is 0 Å². The summed E-state index contributed by atoms with van der Waals surface area (Å²) in [4.78, 5) is 7.53. The molecule has 3 aromatic rings. The molecule has 0 amide bonds. The van der Waals surface area contributed by atoms with Gasteiger partial charge in [-0.2, -0.15) is 13.2 Å². The largest absolute Gasteiger partial charge is 0.419 e. The minimum absolute atomic E-state index is 0.0581. The van der Waals surface area contributed by atoms with Gasteiger partial charge in [-0.25, -0.2) is 19.0 Å². The molecule has 0 unspecified atom stereocenters. The van der Waals surface area contributed by atoms with Crippen LogP contribution in [0, 0.1) is 5.82 Å². The number of benzene rings is 1. The van der Waals surface area contributed by atoms with Crippen LogP contribution in [0.4, 0.5) is 17.6 Å². The van der Waals surface area contributed by atoms with Crippen molar-refractivity contribution in [3.63, 3.8) is 0 Å². The number of nitrogens with zero attached hydrogens (tertiary/aromatic N) is 4. The Bertz CT molecular complexity index is 816. The second-order valence-corrected chi connectivity index (χ2v) is 4.80. The van der Waals surface area contributed by atoms with Gasteiger partial charge in [0.2, 0.25) is 11.8 Å². The lowest BCUT2D eigenvalue weighted by atomic mass is 10.2. The Morgan fingerprint density at radius 3 is 2.42 bits per heavy atom. The molecule has 0 atom stereocenters. The zero-order valence-corrected chi connectivity index (χ0v) is 12.0. The fourth-order valence-corrected chi connectivity index (χ4v) is 2.03. The van der Waals surface area contributed by atoms with Crippen LogP contribution in [0.1, 0.15) is 5.69 Å². The number of hydrogen-bond donors (Lipinski definition) is 0. The number of ether oxygens (including phenoxy) is 1. The number of halogens is 4. The minimum atomic E-state index is -4.43. The Morgan fingerprint density at radius 2 is 1.79 bits per heavy atom. The lowest BCUT2D eigenvalue weighted by Crippen LogP contribution is -2.15. The van der Waals surface area contributed by atoms with Crippen LogP contribution < -0.4 is 4.74 Å². The molecule has 24 heavy (non-hydrogen) atoms. The zero-order valence-electron chi connectivity index (χ0n) is 12.0. The summed E-state index contributed by atoms with van der Waals surface area (Å²) in [5.74, 6) is -0.412. The molecule has 0 radical (unpaired) electrons. The molecular formula is C15H10F4N4O. The third kappa shape index (κ3) is 3.86. The van der Waals surface area contributed by atoms with Crippen molar-refractivity contribution >= 4 is 0 Å². The highest BCUT2D eigenvalue weighted by Gasteiger charge is 2.30. The Morgan fingerprint density at radius 1 is 1.04 bits per heavy atom. The summed E-state index contributed by atoms with van der Waals surface area (Å²) in [5.41, 5.74) is 0.145. The van der Waals surface area contributed by atoms with E-state index >= 15 is 0 Å². The molecule has 2 aromatic heterocycles. The van der Waals surface area contributed by atoms with E-state index in [1.807, 2.05) is 0 Å². The van der Waals surface area contributed by atoms with E-state index in [0.717, 1.165) is 16.8 Å². The minimum Gasteiger partial charge on any atom is -0.419 e. The fourth-order valence-electron chi connectivity index (χ4n) is 2.03. The van der Waals surface area contributed by atoms with Gasteiger partial charge in [0.05, 0.1) is 17.8 Å². The Hall–Kier alpha value is -2.97. The molecular weight excluding hydrogens is 328 g/mol. The van der Waals surface area contributed by atoms with Crippen molar-refractivity contribution in [2.75, 3.05) is 0 Å². The number of hydrogen-bond acceptors (Lipinski definition) is 4. The van der Waals surface area contributed by atoms with E-state index in [-0.39, 0.29) is 23.1 Å². The lowest BCUT2D eigenvalue weighted by Gasteiger charge is -2.09. The van der Waals surface area contributed by atoms with Crippen molar-refractivity contribution in [3.05, 3.63) is 60.4 Å². The molecule has 0 saturated heterocycles. The van der Waals surface area contributed by atoms with Gasteiger partial charge in [0, 0.05) is 18.3 Å². The van der Waals surface area contributed by atoms with Gasteiger partial charge in [-0.3, -0.25) is 0 Å². The standard InChI is InChI=1S/C15H10F4N4O/c16-10-1-3-11(4-2-10)23-12(8-15(17,18)19)7-14(22-23)24-13-5-6-20-9-21-13/h1-7,9H,8H2. The van der Waals surface area contributed by atoms with E-state index in [0.29, 0.717) is 0 Å². The van der Waals surface area contributed by atoms with Gasteiger partial charge >= 0.3 is 6.18 Å². The van der Waals surface area contributed by atoms with Gasteiger partial charge in [0.1, 0.15) is 12.1 Å². The van der Waals surface area contributed by atoms with E-state index in [9.17, 15) is 17.6 Å². The summed E-state index contributed by atoms with van der Waals surface area (Å²) in [5, 5.41) is 4.00. The van der Waals surface area contributed by atoms with E-state index in [2.05, 4.69) is 15.1 Å². The van der Waals surface area contributed by atoms with Crippen LogP contribution in [0.5, 0.6) is 11.8 Å². The molecule has 0 fully saturated rings. The summed E-state index contributed by atoms with van der Waals surface area (Å²) in [6.07, 6.45) is -2.96. The van der Waals surface area contributed by atoms with Crippen LogP contribution in [0.15, 0.2) is 48.9 Å². The number of alkyl halides is 3. The first-order valence-corrected chi connectivity index (χ1v) is 6.76. The molecule has 0 aliphatic rings. The van der Waals surface area contributed by atoms with Gasteiger partial charge in [0.25, 0.3) is 0 Å². The smallest absolute Gasteiger partial charge is 0.394 e. The fraction of sp³-hybridized carbons (Fsp3) is 0.133. The highest BCUT2D eigenvalue weighted by atomic mass is 19.4. The maximum Gasteiger partial charge on any atom is 0.394 e. The molecule has 3 rings (SSSR count). The predicted molar refractivity (Wildman–Crippen MR) is 75.4 cm³/mol. The van der Waals surface area contributed by atoms with Gasteiger partial charge in [-0.05, 0) is 24.3 Å². The van der Waals surface area contributed by atoms with Crippen LogP contribution >= 0.6 is 0 Å². The molecule has 124 valence electrons. The van der Waals surface area contributed by atoms with Crippen molar-refractivity contribution in [1.82, 2.24) is 19.7 Å². The monoisotopic (exact) mass is 338 g/mol. The third-order valence-electron chi connectivity index (χ3n) is 2.98. The van der Waals surface area contributed by atoms with Gasteiger partial charge in [-0.15, -0.1) is 5.10 Å². The topological polar surface area (TPSA) is 52.8 Å². The first kappa shape index (κ1) is 15.9. The van der Waals surface area contributed by atoms with Crippen LogP contribution in [0.25, 0.3) is 5.69 Å². The average molecular weight is 338 g/mol. The molecule has 0 spiro atoms. The molecule has 0 saturated carbocycles. The highest BCUT2D eigenvalue weighted by Crippen LogP contribution is 2.27. The van der Waals surface area contributed by atoms with Crippen molar-refractivity contribution in [3.8, 4) is 17.4 Å². The summed E-state index contributed by atoms with van der Waals surface area (Å²) < 4.78 is 57.7. The summed E-state index contributed by atoms with van der Waals surface area (Å²) >= 11 is 0. The quantitative estimate of drug-likeness (QED) is 0.681. The first-order chi connectivity index (χ1) is 11.4. The SMILES string of the molecule is Fc1ccc(-n2nc(Oc3ccncn3)cc2CC(F)(F)F)cc1. The Labute approximate surface area is 133 Å². The molecule has 9 heteroatoms. The molecule has 5 nitrogen and oxygen atoms in total. The Kier molecular flexibility index (Phi) is 4.15. The highest BCUT2D eigenvalue weighted by molar-refractivity contribution is 5.35. The predicted octanol–water partition coefficient (Wildman–Crippen LogP) is 3.70. The molecule has 1 aromatic carbocycles. The molecule has 0 bridgehead atoms. The normalized spacial score (nSPS) is 11.5. The van der Waals surface area contributed by atoms with Crippen molar-refractivity contribution < 1.29 is 22.3 Å². The molecule has 0 N–H and O–H groups in total. The first-order valence-electron chi connectivity index (χ1n) is 6.76. The number of aromatic nitrogens is 4. The van der Waals surface area contributed by atoms with E-state index in [1.54, 1.807) is 0 Å². The second kappa shape index (κ2) is 6.26. The Balaban J connectivity index is 1.97. The zero-order chi connectivity index (χ0) is 17.2. The van der Waals surface area contributed by atoms with Gasteiger partial charge < -0.3 is 4.74 Å². The van der Waals surface area contributed by atoms with Gasteiger partial charge in [-0.1, -0.05) is 0 Å². The molecule has 0 aliphatic heterocycles. The molecule has 0 aliphatic carbocycles. The lowest BCUT2D eigenvalue weighted by molar-refractivity contribution is -0.128. The van der Waals surface area contributed by atoms with Crippen molar-refractivity contribution in [2.45, 2.75) is 12.6 Å². The maximum absolute atomic E-state index is 13.0. The van der Waals surface area contributed by atoms with Crippen LogP contribution in [-0.2, 0) is 6.42 Å². The summed E-state index contributed by atoms with van der Waals surface area (Å²) in [6.45, 7) is 0. The maximum atomic E-state index is 13.0. The van der Waals surface area contributed by atoms with E-state index in [4.69, 9.17) is 4.74 Å². The van der Waals surface area contributed by atoms with Crippen LogP contribution in [0.3, 0.4) is 0 Å². The van der Waals surface area contributed by atoms with E-state index in [1.165, 1.54) is 36.8 Å². The summed E-state index contributed by atoms with van der Waals surface area (Å²) in [7, 11) is 0. The second-order valence-electron chi connectivity index (χ2n) is 4.80. The number of rotatable bonds is 4. The van der Waals surface area contributed by atoms with E-state index < -0.39 is 18.4 Å². The molecule has 2 heterocycles. The van der Waals surface area contributed by atoms with Crippen LogP contribution in [0.2, 0.25) is 0 Å².